The van der Waals surface area contributed by atoms with Crippen LogP contribution in [0.5, 0.6) is 0 Å². The first-order valence-electron chi connectivity index (χ1n) is 7.80. The summed E-state index contributed by atoms with van der Waals surface area (Å²) < 4.78 is 28.5. The number of benzene rings is 2. The lowest BCUT2D eigenvalue weighted by molar-refractivity contribution is 0.0277. The molecule has 2 aromatic rings. The number of nitrogens with one attached hydrogen (secondary N) is 1. The molecule has 1 aliphatic carbocycles. The summed E-state index contributed by atoms with van der Waals surface area (Å²) in [5, 5.41) is 11.2. The molecule has 0 radical (unpaired) electrons. The molecule has 0 aromatic heterocycles. The summed E-state index contributed by atoms with van der Waals surface area (Å²) in [7, 11) is -3.68. The van der Waals surface area contributed by atoms with Crippen LogP contribution in [0.25, 0.3) is 10.8 Å². The van der Waals surface area contributed by atoms with Crippen LogP contribution in [0.4, 0.5) is 0 Å². The lowest BCUT2D eigenvalue weighted by Gasteiger charge is -2.37. The zero-order valence-corrected chi connectivity index (χ0v) is 14.4. The highest BCUT2D eigenvalue weighted by Crippen LogP contribution is 2.34. The normalized spacial score (nSPS) is 22.7. The van der Waals surface area contributed by atoms with E-state index in [0.717, 1.165) is 5.39 Å². The first-order chi connectivity index (χ1) is 10.9. The average molecular weight is 354 g/mol. The number of fused-ring (bicyclic) bond motifs is 1. The first kappa shape index (κ1) is 16.7. The van der Waals surface area contributed by atoms with Crippen molar-refractivity contribution < 1.29 is 13.5 Å². The third-order valence-corrected chi connectivity index (χ3v) is 6.42. The summed E-state index contributed by atoms with van der Waals surface area (Å²) in [4.78, 5) is 0.207. The van der Waals surface area contributed by atoms with Crippen molar-refractivity contribution >= 4 is 32.4 Å². The van der Waals surface area contributed by atoms with Crippen LogP contribution < -0.4 is 4.72 Å². The van der Waals surface area contributed by atoms with E-state index in [0.29, 0.717) is 29.7 Å². The van der Waals surface area contributed by atoms with E-state index in [9.17, 15) is 13.5 Å². The van der Waals surface area contributed by atoms with E-state index in [4.69, 9.17) is 11.6 Å². The molecule has 1 fully saturated rings. The van der Waals surface area contributed by atoms with E-state index < -0.39 is 10.0 Å². The van der Waals surface area contributed by atoms with Crippen LogP contribution in [0.15, 0.2) is 41.3 Å². The smallest absolute Gasteiger partial charge is 0.241 e. The summed E-state index contributed by atoms with van der Waals surface area (Å²) in [6.07, 6.45) is 1.69. The Labute approximate surface area is 141 Å². The molecule has 0 saturated heterocycles. The molecule has 4 nitrogen and oxygen atoms in total. The number of hydrogen-bond donors (Lipinski definition) is 2. The van der Waals surface area contributed by atoms with Crippen LogP contribution in [0.3, 0.4) is 0 Å². The topological polar surface area (TPSA) is 66.4 Å². The molecule has 1 atom stereocenters. The van der Waals surface area contributed by atoms with Gasteiger partial charge in [-0.05, 0) is 42.7 Å². The number of hydrogen-bond acceptors (Lipinski definition) is 3. The third-order valence-electron chi connectivity index (χ3n) is 4.57. The lowest BCUT2D eigenvalue weighted by atomic mass is 9.77. The number of aliphatic hydroxyl groups is 1. The SMILES string of the molecule is CC[C@@H](NS(=O)(=O)c1cccc2cccc(Cl)c12)C1CC(O)C1. The Hall–Kier alpha value is -1.14. The summed E-state index contributed by atoms with van der Waals surface area (Å²) in [5.74, 6) is 0.190. The second kappa shape index (κ2) is 6.40. The fourth-order valence-corrected chi connectivity index (χ4v) is 5.20. The maximum Gasteiger partial charge on any atom is 0.241 e. The minimum atomic E-state index is -3.68. The molecule has 23 heavy (non-hydrogen) atoms. The summed E-state index contributed by atoms with van der Waals surface area (Å²) in [5.41, 5.74) is 0. The molecule has 124 valence electrons. The van der Waals surface area contributed by atoms with Crippen molar-refractivity contribution in [1.29, 1.82) is 0 Å². The summed E-state index contributed by atoms with van der Waals surface area (Å²) >= 11 is 6.23. The van der Waals surface area contributed by atoms with Gasteiger partial charge in [-0.25, -0.2) is 13.1 Å². The van der Waals surface area contributed by atoms with Gasteiger partial charge < -0.3 is 5.11 Å². The minimum Gasteiger partial charge on any atom is -0.393 e. The van der Waals surface area contributed by atoms with Crippen LogP contribution >= 0.6 is 11.6 Å². The van der Waals surface area contributed by atoms with Crippen molar-refractivity contribution in [2.24, 2.45) is 5.92 Å². The molecule has 0 amide bonds. The highest BCUT2D eigenvalue weighted by atomic mass is 35.5. The standard InChI is InChI=1S/C17H20ClNO3S/c1-2-15(12-9-13(20)10-12)19-23(21,22)16-8-4-6-11-5-3-7-14(18)17(11)16/h3-8,12-13,15,19-20H,2,9-10H2,1H3/t12?,13?,15-/m1/s1. The van der Waals surface area contributed by atoms with Crippen molar-refractivity contribution in [3.8, 4) is 0 Å². The lowest BCUT2D eigenvalue weighted by Crippen LogP contribution is -2.46. The number of rotatable bonds is 5. The van der Waals surface area contributed by atoms with E-state index >= 15 is 0 Å². The Morgan fingerprint density at radius 3 is 2.52 bits per heavy atom. The van der Waals surface area contributed by atoms with Crippen molar-refractivity contribution in [3.05, 3.63) is 41.4 Å². The maximum absolute atomic E-state index is 12.9. The molecule has 1 saturated carbocycles. The Balaban J connectivity index is 1.97. The van der Waals surface area contributed by atoms with Crippen LogP contribution in [-0.4, -0.2) is 25.7 Å². The summed E-state index contributed by atoms with van der Waals surface area (Å²) in [6, 6.07) is 10.3. The van der Waals surface area contributed by atoms with E-state index in [1.807, 2.05) is 19.1 Å². The molecule has 2 aromatic carbocycles. The van der Waals surface area contributed by atoms with E-state index in [-0.39, 0.29) is 23.0 Å². The quantitative estimate of drug-likeness (QED) is 0.866. The molecule has 6 heteroatoms. The van der Waals surface area contributed by atoms with Gasteiger partial charge in [0.25, 0.3) is 0 Å². The Morgan fingerprint density at radius 2 is 1.91 bits per heavy atom. The maximum atomic E-state index is 12.9. The van der Waals surface area contributed by atoms with Gasteiger partial charge >= 0.3 is 0 Å². The van der Waals surface area contributed by atoms with Crippen molar-refractivity contribution in [2.45, 2.75) is 43.2 Å². The van der Waals surface area contributed by atoms with E-state index in [2.05, 4.69) is 4.72 Å². The van der Waals surface area contributed by atoms with Crippen LogP contribution in [-0.2, 0) is 10.0 Å². The second-order valence-corrected chi connectivity index (χ2v) is 8.21. The number of halogens is 1. The molecule has 0 aliphatic heterocycles. The van der Waals surface area contributed by atoms with Crippen LogP contribution in [0.1, 0.15) is 26.2 Å². The molecule has 0 unspecified atom stereocenters. The fraction of sp³-hybridized carbons (Fsp3) is 0.412. The molecular weight excluding hydrogens is 334 g/mol. The van der Waals surface area contributed by atoms with Crippen molar-refractivity contribution in [3.63, 3.8) is 0 Å². The van der Waals surface area contributed by atoms with Gasteiger partial charge in [0.1, 0.15) is 0 Å². The third kappa shape index (κ3) is 3.24. The second-order valence-electron chi connectivity index (χ2n) is 6.12. The zero-order valence-electron chi connectivity index (χ0n) is 12.9. The molecule has 0 heterocycles. The van der Waals surface area contributed by atoms with Gasteiger partial charge in [-0.3, -0.25) is 0 Å². The van der Waals surface area contributed by atoms with Crippen LogP contribution in [0.2, 0.25) is 5.02 Å². The monoisotopic (exact) mass is 353 g/mol. The molecule has 1 aliphatic rings. The summed E-state index contributed by atoms with van der Waals surface area (Å²) in [6.45, 7) is 1.95. The average Bonchev–Trinajstić information content (AvgIpc) is 2.49. The molecule has 2 N–H and O–H groups in total. The number of sulfonamides is 1. The number of aliphatic hydroxyl groups excluding tert-OH is 1. The highest BCUT2D eigenvalue weighted by molar-refractivity contribution is 7.89. The van der Waals surface area contributed by atoms with Gasteiger partial charge in [-0.1, -0.05) is 42.8 Å². The predicted octanol–water partition coefficient (Wildman–Crippen LogP) is 3.32. The molecular formula is C17H20ClNO3S. The predicted molar refractivity (Wildman–Crippen MR) is 92.1 cm³/mol. The van der Waals surface area contributed by atoms with E-state index in [1.165, 1.54) is 0 Å². The Morgan fingerprint density at radius 1 is 1.26 bits per heavy atom. The highest BCUT2D eigenvalue weighted by Gasteiger charge is 2.35. The Bertz CT molecular complexity index is 810. The van der Waals surface area contributed by atoms with Gasteiger partial charge in [-0.15, -0.1) is 0 Å². The zero-order chi connectivity index (χ0) is 16.6. The fourth-order valence-electron chi connectivity index (χ4n) is 3.22. The van der Waals surface area contributed by atoms with Crippen LogP contribution in [0, 0.1) is 5.92 Å². The van der Waals surface area contributed by atoms with Gasteiger partial charge in [0.2, 0.25) is 10.0 Å². The first-order valence-corrected chi connectivity index (χ1v) is 9.66. The minimum absolute atomic E-state index is 0.166. The van der Waals surface area contributed by atoms with Crippen molar-refractivity contribution in [2.75, 3.05) is 0 Å². The molecule has 3 rings (SSSR count). The van der Waals surface area contributed by atoms with Gasteiger partial charge in [0, 0.05) is 16.5 Å². The van der Waals surface area contributed by atoms with Gasteiger partial charge in [0.15, 0.2) is 0 Å². The van der Waals surface area contributed by atoms with Gasteiger partial charge in [-0.2, -0.15) is 0 Å². The molecule has 0 spiro atoms. The molecule has 0 bridgehead atoms. The largest absolute Gasteiger partial charge is 0.393 e. The van der Waals surface area contributed by atoms with Gasteiger partial charge in [0.05, 0.1) is 11.0 Å². The Kier molecular flexibility index (Phi) is 4.65. The van der Waals surface area contributed by atoms with Crippen molar-refractivity contribution in [1.82, 2.24) is 4.72 Å². The van der Waals surface area contributed by atoms with E-state index in [1.54, 1.807) is 24.3 Å².